The second-order valence-corrected chi connectivity index (χ2v) is 39.2. The monoisotopic (exact) mass is 1880 g/mol. The van der Waals surface area contributed by atoms with Gasteiger partial charge in [0.05, 0.1) is 102 Å². The molecule has 19 rings (SSSR count). The summed E-state index contributed by atoms with van der Waals surface area (Å²) in [5.41, 5.74) is 32.4. The van der Waals surface area contributed by atoms with Crippen LogP contribution in [0, 0.1) is 38.5 Å². The van der Waals surface area contributed by atoms with Crippen LogP contribution in [0.2, 0.25) is 0 Å². The Morgan fingerprint density at radius 2 is 0.908 bits per heavy atom. The van der Waals surface area contributed by atoms with Crippen molar-refractivity contribution in [3.63, 3.8) is 0 Å². The largest absolute Gasteiger partial charge is 0.497 e. The van der Waals surface area contributed by atoms with Gasteiger partial charge in [0.1, 0.15) is 17.1 Å². The molecule has 1 spiro atoms. The van der Waals surface area contributed by atoms with E-state index in [4.69, 9.17) is 39.1 Å². The average Bonchev–Trinajstić information content (AvgIpc) is 1.62. The van der Waals surface area contributed by atoms with E-state index < -0.39 is 9.85 Å². The van der Waals surface area contributed by atoms with Crippen LogP contribution >= 0.6 is 92.9 Å². The number of ether oxygens (including phenoxy) is 1. The van der Waals surface area contributed by atoms with Crippen molar-refractivity contribution in [2.45, 2.75) is 143 Å². The summed E-state index contributed by atoms with van der Waals surface area (Å²) < 4.78 is 10.8. The fraction of sp³-hybridized carbons (Fsp3) is 0.263. The Balaban J connectivity index is 0.000000126. The lowest BCUT2D eigenvalue weighted by Crippen LogP contribution is -2.54. The number of thiocarbonyl (C=S) groups is 2. The number of allylic oxidation sites excluding steroid dienone is 2. The van der Waals surface area contributed by atoms with Crippen LogP contribution < -0.4 is 52.9 Å². The van der Waals surface area contributed by atoms with E-state index >= 15 is 0 Å². The fourth-order valence-electron chi connectivity index (χ4n) is 14.7. The Kier molecular flexibility index (Phi) is 31.3. The number of rotatable bonds is 20. The summed E-state index contributed by atoms with van der Waals surface area (Å²) >= 11 is 20.8. The van der Waals surface area contributed by atoms with E-state index in [1.54, 1.807) is 84.1 Å². The number of non-ortho nitro benzene ring substituents is 2. The number of benzene rings is 9. The zero-order valence-electron chi connectivity index (χ0n) is 73.6. The second kappa shape index (κ2) is 43.4. The molecule has 3 fully saturated rings. The highest BCUT2D eigenvalue weighted by Gasteiger charge is 2.46. The molecule has 130 heavy (non-hydrogen) atoms. The van der Waals surface area contributed by atoms with Gasteiger partial charge in [-0.1, -0.05) is 243 Å². The minimum absolute atomic E-state index is 0.0482. The zero-order chi connectivity index (χ0) is 91.5. The number of aliphatic imine (C=N–C) groups is 1. The molecule has 8 N–H and O–H groups in total. The summed E-state index contributed by atoms with van der Waals surface area (Å²) in [7, 11) is 1.66. The number of para-hydroxylation sites is 5. The van der Waals surface area contributed by atoms with Gasteiger partial charge in [-0.05, 0) is 223 Å². The Morgan fingerprint density at radius 1 is 0.500 bits per heavy atom. The number of thiazole rings is 5. The number of hydrogen-bond donors (Lipinski definition) is 8. The van der Waals surface area contributed by atoms with Gasteiger partial charge in [-0.3, -0.25) is 46.9 Å². The number of hydrazone groups is 4. The summed E-state index contributed by atoms with van der Waals surface area (Å²) in [5.74, 6) is 1.61. The Labute approximate surface area is 789 Å². The summed E-state index contributed by atoms with van der Waals surface area (Å²) in [5, 5.41) is 56.5. The molecule has 2 atom stereocenters. The van der Waals surface area contributed by atoms with Gasteiger partial charge in [-0.25, -0.2) is 45.8 Å². The first-order valence-electron chi connectivity index (χ1n) is 42.4. The summed E-state index contributed by atoms with van der Waals surface area (Å²) in [6, 6.07) is 69.1. The van der Waals surface area contributed by atoms with E-state index in [0.717, 1.165) is 161 Å². The highest BCUT2D eigenvalue weighted by molar-refractivity contribution is 8.14. The lowest BCUT2D eigenvalue weighted by atomic mass is 9.70. The standard InChI is InChI=1S/C18H24N4S2.C16H15N3OS.C16H15N3S.2C15H12N4O2S.C15H22N4S2/c1-17(2,3)12-8-10-18(11-9-12)20-15(23)22(21-18)16-19-13-6-4-5-7-14(13)24-16;1-11(12-7-9-13(20-2)10-8-12)18-19-16-17-14-5-3-4-6-15(14)21-16;1-11-7-9-13(10-8-11)12(2)18-19-16-17-14-5-3-4-6-15(14)20-16;1-10(11-5-4-6-12(9-11)19(20)21)17-18-15-16-13-7-2-3-8-14(13)22-15;1-10(11-6-8-12(9-7-11)19(20)21)17-18-15-16-13-4-2-3-5-14(13)22-15;1-3-9-15(10-4-2)17-13(20)19(18-15)14-16-11-7-5-6-8-12(11)21-14/h4-7,12,21H,8-11H2,1-3H3,(H,20,23);3-10H,1-2H3,(H,17,19);3-10H,1-2H3,(H,17,19);2*2-9H,1H3,(H,16,18);5-8,11-12,18H,3-4,9-10H2,1-2H3,(H,17,20)/b;18-11-;18-12+;2*17-10+;. The van der Waals surface area contributed by atoms with E-state index in [2.05, 4.69) is 192 Å². The number of hydrazine groups is 2. The number of anilines is 5. The number of thioether (sulfide) groups is 1. The SMILES string of the molecule is C/C(=N\Nc1nc2ccccc2s1)c1ccc(C)cc1.C/C(=N\Nc1nc2ccccc2s1)c1ccc([N+](=O)[O-])cc1.C/C(=N\Nc1nc2ccccc2s1)c1cccc([N+](=O)[O-])c1.CC(C)(C)C1CCC2(CC1)NC(=S)N(c1nc3ccccc3s1)N2.CCCC1(CCC)NC(=S)N(C2=NC3C=CC=CC3S2)N1.COc1ccc(/C(C)=N\Nc2nc3ccccc3s2)cc1. The number of hydrogen-bond acceptors (Lipinski definition) is 29. The molecule has 27 nitrogen and oxygen atoms in total. The van der Waals surface area contributed by atoms with Gasteiger partial charge >= 0.3 is 0 Å². The molecule has 2 unspecified atom stereocenters. The predicted octanol–water partition coefficient (Wildman–Crippen LogP) is 24.0. The van der Waals surface area contributed by atoms with Crippen LogP contribution in [0.15, 0.2) is 268 Å². The Hall–Kier alpha value is -12.3. The third-order valence-corrected chi connectivity index (χ3v) is 28.4. The van der Waals surface area contributed by atoms with Crippen LogP contribution in [0.5, 0.6) is 5.75 Å². The maximum absolute atomic E-state index is 10.8. The summed E-state index contributed by atoms with van der Waals surface area (Å²) in [6.45, 7) is 21.1. The molecule has 8 heterocycles. The smallest absolute Gasteiger partial charge is 0.270 e. The quantitative estimate of drug-likeness (QED) is 0.0152. The van der Waals surface area contributed by atoms with Crippen molar-refractivity contribution in [1.82, 2.24) is 51.4 Å². The first-order chi connectivity index (χ1) is 62.8. The molecule has 668 valence electrons. The molecule has 5 aliphatic rings. The van der Waals surface area contributed by atoms with Gasteiger partial charge in [-0.2, -0.15) is 20.4 Å². The predicted molar refractivity (Wildman–Crippen MR) is 551 cm³/mol. The molecule has 35 heteroatoms. The van der Waals surface area contributed by atoms with Crippen molar-refractivity contribution in [3.8, 4) is 5.75 Å². The second-order valence-electron chi connectivity index (χ2n) is 32.2. The number of amidine groups is 1. The van der Waals surface area contributed by atoms with Crippen LogP contribution in [-0.2, 0) is 0 Å². The number of aryl methyl sites for hydroxylation is 1. The lowest BCUT2D eigenvalue weighted by Gasteiger charge is -2.41. The molecule has 14 aromatic rings. The lowest BCUT2D eigenvalue weighted by molar-refractivity contribution is -0.385. The highest BCUT2D eigenvalue weighted by atomic mass is 32.2. The number of nitrogens with zero attached hydrogens (tertiary/aromatic N) is 14. The van der Waals surface area contributed by atoms with Crippen molar-refractivity contribution in [1.29, 1.82) is 0 Å². The van der Waals surface area contributed by atoms with Gasteiger partial charge in [0.25, 0.3) is 11.4 Å². The van der Waals surface area contributed by atoms with Crippen molar-refractivity contribution < 1.29 is 14.6 Å². The van der Waals surface area contributed by atoms with Crippen LogP contribution in [0.4, 0.5) is 37.0 Å². The third-order valence-electron chi connectivity index (χ3n) is 21.8. The van der Waals surface area contributed by atoms with Crippen LogP contribution in [-0.4, -0.2) is 108 Å². The van der Waals surface area contributed by atoms with Crippen LogP contribution in [0.25, 0.3) is 51.1 Å². The van der Waals surface area contributed by atoms with E-state index in [0.29, 0.717) is 32.2 Å². The minimum Gasteiger partial charge on any atom is -0.497 e. The van der Waals surface area contributed by atoms with Crippen molar-refractivity contribution in [2.75, 3.05) is 33.8 Å². The van der Waals surface area contributed by atoms with Crippen LogP contribution in [0.3, 0.4) is 0 Å². The maximum Gasteiger partial charge on any atom is 0.270 e. The summed E-state index contributed by atoms with van der Waals surface area (Å²) in [4.78, 5) is 47.9. The number of nitrogens with one attached hydrogen (secondary N) is 8. The van der Waals surface area contributed by atoms with Crippen molar-refractivity contribution in [2.24, 2.45) is 36.7 Å². The number of fused-ring (bicyclic) bond motifs is 6. The molecule has 0 radical (unpaired) electrons. The molecule has 2 saturated heterocycles. The average molecular weight is 1890 g/mol. The van der Waals surface area contributed by atoms with Crippen molar-refractivity contribution >= 4 is 219 Å². The Bertz CT molecular complexity index is 6390. The molecule has 2 aliphatic carbocycles. The minimum atomic E-state index is -0.421. The highest BCUT2D eigenvalue weighted by Crippen LogP contribution is 2.44. The first-order valence-corrected chi connectivity index (χ1v) is 48.2. The molecule has 0 bridgehead atoms. The van der Waals surface area contributed by atoms with E-state index in [1.807, 2.05) is 158 Å². The number of nitro benzene ring substituents is 2. The first kappa shape index (κ1) is 93.8. The van der Waals surface area contributed by atoms with Gasteiger partial charge < -0.3 is 15.4 Å². The van der Waals surface area contributed by atoms with Gasteiger partial charge in [0.15, 0.2) is 15.4 Å². The number of methoxy groups -OCH3 is 1. The molecular formula is C95H100N22O5S8. The fourth-order valence-corrected chi connectivity index (χ4v) is 20.8. The molecule has 1 saturated carbocycles. The molecule has 5 aromatic heterocycles. The zero-order valence-corrected chi connectivity index (χ0v) is 80.1. The van der Waals surface area contributed by atoms with E-state index in [-0.39, 0.29) is 28.7 Å². The van der Waals surface area contributed by atoms with E-state index in [1.165, 1.54) is 70.0 Å². The summed E-state index contributed by atoms with van der Waals surface area (Å²) in [6.07, 6.45) is 17.5. The van der Waals surface area contributed by atoms with E-state index in [9.17, 15) is 20.2 Å². The van der Waals surface area contributed by atoms with Gasteiger partial charge in [0.2, 0.25) is 25.7 Å². The van der Waals surface area contributed by atoms with Crippen molar-refractivity contribution in [3.05, 3.63) is 291 Å². The number of aromatic nitrogens is 5. The third kappa shape index (κ3) is 24.4. The maximum atomic E-state index is 10.8. The normalized spacial score (nSPS) is 17.5. The number of nitro groups is 2. The van der Waals surface area contributed by atoms with Gasteiger partial charge in [0, 0.05) is 29.8 Å². The molecule has 3 aliphatic heterocycles. The molecule has 9 aromatic carbocycles. The molecule has 0 amide bonds. The Morgan fingerprint density at radius 3 is 1.32 bits per heavy atom. The van der Waals surface area contributed by atoms with Gasteiger partial charge in [-0.15, -0.1) is 0 Å². The topological polar surface area (TPSA) is 324 Å². The van der Waals surface area contributed by atoms with Crippen LogP contribution in [0.1, 0.15) is 141 Å². The molecular weight excluding hydrogens is 1790 g/mol.